The van der Waals surface area contributed by atoms with Crippen LogP contribution in [0.15, 0.2) is 0 Å². The molecule has 1 heterocycles. The molecule has 0 aromatic carbocycles. The Morgan fingerprint density at radius 2 is 1.42 bits per heavy atom. The summed E-state index contributed by atoms with van der Waals surface area (Å²) in [4.78, 5) is 36.7. The molecule has 0 unspecified atom stereocenters. The van der Waals surface area contributed by atoms with Gasteiger partial charge in [0.2, 0.25) is 0 Å². The van der Waals surface area contributed by atoms with Crippen LogP contribution in [0.1, 0.15) is 53.9 Å². The Morgan fingerprint density at radius 3 is 1.75 bits per heavy atom. The molecular formula is C17H28O7. The Bertz CT molecular complexity index is 434. The summed E-state index contributed by atoms with van der Waals surface area (Å²) in [6, 6.07) is 0. The van der Waals surface area contributed by atoms with Gasteiger partial charge in [-0.2, -0.15) is 0 Å². The molecule has 0 saturated carbocycles. The van der Waals surface area contributed by atoms with Gasteiger partial charge in [0.25, 0.3) is 0 Å². The van der Waals surface area contributed by atoms with Gasteiger partial charge in [-0.25, -0.2) is 9.59 Å². The van der Waals surface area contributed by atoms with Crippen molar-refractivity contribution in [3.05, 3.63) is 0 Å². The van der Waals surface area contributed by atoms with Gasteiger partial charge in [0.05, 0.1) is 19.1 Å². The summed E-state index contributed by atoms with van der Waals surface area (Å²) in [6.45, 7) is 8.95. The molecule has 7 heteroatoms. The third-order valence-corrected chi connectivity index (χ3v) is 3.96. The van der Waals surface area contributed by atoms with Gasteiger partial charge in [0.1, 0.15) is 5.78 Å². The molecular weight excluding hydrogens is 316 g/mol. The molecule has 0 amide bonds. The third-order valence-electron chi connectivity index (χ3n) is 3.96. The van der Waals surface area contributed by atoms with Gasteiger partial charge in [0, 0.05) is 6.42 Å². The lowest BCUT2D eigenvalue weighted by Crippen LogP contribution is -2.42. The summed E-state index contributed by atoms with van der Waals surface area (Å²) in [5.74, 6) is -3.35. The molecule has 138 valence electrons. The first kappa shape index (κ1) is 20.6. The summed E-state index contributed by atoms with van der Waals surface area (Å²) >= 11 is 0. The fourth-order valence-corrected chi connectivity index (χ4v) is 2.92. The van der Waals surface area contributed by atoms with Crippen molar-refractivity contribution in [3.63, 3.8) is 0 Å². The topological polar surface area (TPSA) is 88.1 Å². The van der Waals surface area contributed by atoms with E-state index in [0.29, 0.717) is 19.3 Å². The van der Waals surface area contributed by atoms with E-state index in [1.807, 2.05) is 13.8 Å². The van der Waals surface area contributed by atoms with Crippen molar-refractivity contribution in [1.29, 1.82) is 0 Å². The Morgan fingerprint density at radius 1 is 0.958 bits per heavy atom. The Hall–Kier alpha value is -1.47. The van der Waals surface area contributed by atoms with Crippen molar-refractivity contribution in [2.75, 3.05) is 13.2 Å². The Balaban J connectivity index is 3.07. The molecule has 0 aromatic rings. The number of hydrogen-bond acceptors (Lipinski definition) is 7. The highest BCUT2D eigenvalue weighted by Crippen LogP contribution is 2.38. The van der Waals surface area contributed by atoms with E-state index >= 15 is 0 Å². The quantitative estimate of drug-likeness (QED) is 0.591. The van der Waals surface area contributed by atoms with Crippen LogP contribution in [0.4, 0.5) is 0 Å². The standard InChI is InChI=1S/C17H28O7/c1-6-10-12(18)11(7-2)17(5)23-13(15(19)21-8-3)14(24-17)16(20)22-9-4/h11,13-14H,6-10H2,1-5H3/t11-,13+,14+/m0/s1. The lowest BCUT2D eigenvalue weighted by Gasteiger charge is -2.31. The summed E-state index contributed by atoms with van der Waals surface area (Å²) < 4.78 is 21.4. The summed E-state index contributed by atoms with van der Waals surface area (Å²) in [5, 5.41) is 0. The molecule has 1 saturated heterocycles. The fraction of sp³-hybridized carbons (Fsp3) is 0.824. The molecule has 0 aliphatic carbocycles. The van der Waals surface area contributed by atoms with Crippen molar-refractivity contribution in [2.45, 2.75) is 71.9 Å². The predicted octanol–water partition coefficient (Wildman–Crippen LogP) is 2.01. The molecule has 24 heavy (non-hydrogen) atoms. The minimum Gasteiger partial charge on any atom is -0.464 e. The molecule has 0 spiro atoms. The number of rotatable bonds is 9. The third kappa shape index (κ3) is 4.54. The zero-order valence-electron chi connectivity index (χ0n) is 15.1. The number of Topliss-reactive ketones (excluding diaryl/α,β-unsaturated/α-hetero) is 1. The maximum Gasteiger partial charge on any atom is 0.338 e. The molecule has 0 aromatic heterocycles. The van der Waals surface area contributed by atoms with Gasteiger partial charge < -0.3 is 18.9 Å². The van der Waals surface area contributed by atoms with E-state index in [2.05, 4.69) is 0 Å². The number of carbonyl (C=O) groups is 3. The molecule has 0 radical (unpaired) electrons. The van der Waals surface area contributed by atoms with Crippen molar-refractivity contribution in [1.82, 2.24) is 0 Å². The number of hydrogen-bond donors (Lipinski definition) is 0. The highest BCUT2D eigenvalue weighted by molar-refractivity contribution is 5.87. The monoisotopic (exact) mass is 344 g/mol. The average Bonchev–Trinajstić information content (AvgIpc) is 2.87. The maximum absolute atomic E-state index is 12.4. The first-order valence-corrected chi connectivity index (χ1v) is 8.56. The molecule has 0 bridgehead atoms. The fourth-order valence-electron chi connectivity index (χ4n) is 2.92. The van der Waals surface area contributed by atoms with E-state index < -0.39 is 35.9 Å². The summed E-state index contributed by atoms with van der Waals surface area (Å²) in [5.41, 5.74) is 0. The van der Waals surface area contributed by atoms with Gasteiger partial charge in [-0.15, -0.1) is 0 Å². The van der Waals surface area contributed by atoms with Gasteiger partial charge in [-0.1, -0.05) is 13.8 Å². The zero-order chi connectivity index (χ0) is 18.3. The molecule has 0 N–H and O–H groups in total. The predicted molar refractivity (Wildman–Crippen MR) is 85.1 cm³/mol. The van der Waals surface area contributed by atoms with Gasteiger partial charge in [-0.05, 0) is 33.6 Å². The van der Waals surface area contributed by atoms with Crippen LogP contribution in [0.2, 0.25) is 0 Å². The lowest BCUT2D eigenvalue weighted by molar-refractivity contribution is -0.207. The second kappa shape index (κ2) is 9.13. The van der Waals surface area contributed by atoms with Crippen LogP contribution in [0, 0.1) is 5.92 Å². The average molecular weight is 344 g/mol. The molecule has 7 nitrogen and oxygen atoms in total. The van der Waals surface area contributed by atoms with Crippen LogP contribution in [0.25, 0.3) is 0 Å². The molecule has 1 aliphatic rings. The van der Waals surface area contributed by atoms with Gasteiger partial charge >= 0.3 is 11.9 Å². The number of ketones is 1. The number of esters is 2. The van der Waals surface area contributed by atoms with Crippen LogP contribution >= 0.6 is 0 Å². The second-order valence-electron chi connectivity index (χ2n) is 5.77. The van der Waals surface area contributed by atoms with Crippen molar-refractivity contribution < 1.29 is 33.3 Å². The second-order valence-corrected chi connectivity index (χ2v) is 5.77. The molecule has 1 aliphatic heterocycles. The Kier molecular flexibility index (Phi) is 7.83. The minimum absolute atomic E-state index is 0.0189. The number of ether oxygens (including phenoxy) is 4. The van der Waals surface area contributed by atoms with Gasteiger partial charge in [-0.3, -0.25) is 4.79 Å². The zero-order valence-corrected chi connectivity index (χ0v) is 15.1. The smallest absolute Gasteiger partial charge is 0.338 e. The highest BCUT2D eigenvalue weighted by atomic mass is 16.8. The normalized spacial score (nSPS) is 23.5. The van der Waals surface area contributed by atoms with Crippen molar-refractivity contribution in [2.24, 2.45) is 5.92 Å². The van der Waals surface area contributed by atoms with Crippen molar-refractivity contribution in [3.8, 4) is 0 Å². The van der Waals surface area contributed by atoms with Crippen LogP contribution in [-0.2, 0) is 33.3 Å². The number of carbonyl (C=O) groups excluding carboxylic acids is 3. The lowest BCUT2D eigenvalue weighted by atomic mass is 9.90. The van der Waals surface area contributed by atoms with Crippen LogP contribution in [0.3, 0.4) is 0 Å². The molecule has 1 fully saturated rings. The van der Waals surface area contributed by atoms with E-state index in [4.69, 9.17) is 18.9 Å². The SMILES string of the molecule is CCCC(=O)[C@H](CC)C1(C)O[C@@H](C(=O)OCC)[C@H](C(=O)OCC)O1. The molecule has 1 rings (SSSR count). The summed E-state index contributed by atoms with van der Waals surface area (Å²) in [7, 11) is 0. The van der Waals surface area contributed by atoms with E-state index in [1.54, 1.807) is 20.8 Å². The highest BCUT2D eigenvalue weighted by Gasteiger charge is 2.56. The first-order chi connectivity index (χ1) is 11.3. The van der Waals surface area contributed by atoms with Crippen LogP contribution in [0.5, 0.6) is 0 Å². The van der Waals surface area contributed by atoms with Crippen LogP contribution < -0.4 is 0 Å². The maximum atomic E-state index is 12.4. The molecule has 3 atom stereocenters. The van der Waals surface area contributed by atoms with E-state index in [1.165, 1.54) is 0 Å². The van der Waals surface area contributed by atoms with Crippen molar-refractivity contribution >= 4 is 17.7 Å². The minimum atomic E-state index is -1.37. The van der Waals surface area contributed by atoms with Gasteiger partial charge in [0.15, 0.2) is 18.0 Å². The summed E-state index contributed by atoms with van der Waals surface area (Å²) in [6.07, 6.45) is -0.918. The van der Waals surface area contributed by atoms with E-state index in [0.717, 1.165) is 0 Å². The first-order valence-electron chi connectivity index (χ1n) is 8.56. The largest absolute Gasteiger partial charge is 0.464 e. The van der Waals surface area contributed by atoms with Crippen LogP contribution in [-0.4, -0.2) is 48.9 Å². The Labute approximate surface area is 143 Å². The van der Waals surface area contributed by atoms with E-state index in [-0.39, 0.29) is 19.0 Å². The van der Waals surface area contributed by atoms with E-state index in [9.17, 15) is 14.4 Å².